The number of carboxylic acids is 1. The van der Waals surface area contributed by atoms with E-state index in [9.17, 15) is 4.79 Å². The molecule has 62 valence electrons. The molecule has 0 aliphatic carbocycles. The zero-order valence-corrected chi connectivity index (χ0v) is 6.61. The van der Waals surface area contributed by atoms with Gasteiger partial charge in [0, 0.05) is 5.56 Å². The topological polar surface area (TPSA) is 61.1 Å². The molecule has 1 aromatic rings. The van der Waals surface area contributed by atoms with Crippen molar-refractivity contribution in [1.29, 1.82) is 5.26 Å². The third-order valence-corrected chi connectivity index (χ3v) is 1.54. The lowest BCUT2D eigenvalue weighted by atomic mass is 10.1. The number of hydrogen-bond acceptors (Lipinski definition) is 2. The maximum atomic E-state index is 10.5. The van der Waals surface area contributed by atoms with Crippen LogP contribution in [-0.4, -0.2) is 11.1 Å². The first-order chi connectivity index (χ1) is 6.19. The van der Waals surface area contributed by atoms with E-state index in [4.69, 9.17) is 16.8 Å². The van der Waals surface area contributed by atoms with Gasteiger partial charge in [0.25, 0.3) is 0 Å². The lowest BCUT2D eigenvalue weighted by Crippen LogP contribution is -1.97. The van der Waals surface area contributed by atoms with E-state index in [1.807, 2.05) is 6.07 Å². The Labute approximate surface area is 75.2 Å². The second-order valence-corrected chi connectivity index (χ2v) is 2.32. The summed E-state index contributed by atoms with van der Waals surface area (Å²) >= 11 is 0. The van der Waals surface area contributed by atoms with Crippen molar-refractivity contribution in [2.75, 3.05) is 0 Å². The van der Waals surface area contributed by atoms with Crippen molar-refractivity contribution in [2.45, 2.75) is 0 Å². The highest BCUT2D eigenvalue weighted by atomic mass is 16.4. The first-order valence-electron chi connectivity index (χ1n) is 3.43. The van der Waals surface area contributed by atoms with Crippen LogP contribution in [0.5, 0.6) is 0 Å². The fraction of sp³-hybridized carbons (Fsp3) is 0. The number of nitrogens with zero attached hydrogens (tertiary/aromatic N) is 1. The van der Waals surface area contributed by atoms with Crippen molar-refractivity contribution in [3.05, 3.63) is 34.9 Å². The van der Waals surface area contributed by atoms with Gasteiger partial charge < -0.3 is 5.11 Å². The molecule has 1 aromatic carbocycles. The van der Waals surface area contributed by atoms with Gasteiger partial charge in [-0.3, -0.25) is 0 Å². The van der Waals surface area contributed by atoms with Crippen molar-refractivity contribution in [3.63, 3.8) is 0 Å². The highest BCUT2D eigenvalue weighted by molar-refractivity contribution is 5.88. The van der Waals surface area contributed by atoms with Gasteiger partial charge in [0.2, 0.25) is 0 Å². The van der Waals surface area contributed by atoms with Gasteiger partial charge in [-0.15, -0.1) is 6.42 Å². The highest BCUT2D eigenvalue weighted by Crippen LogP contribution is 2.09. The summed E-state index contributed by atoms with van der Waals surface area (Å²) < 4.78 is 0. The number of nitriles is 1. The van der Waals surface area contributed by atoms with Crippen LogP contribution in [0, 0.1) is 23.7 Å². The second-order valence-electron chi connectivity index (χ2n) is 2.32. The number of rotatable bonds is 1. The molecule has 1 N–H and O–H groups in total. The Kier molecular flexibility index (Phi) is 2.33. The molecule has 0 saturated carbocycles. The van der Waals surface area contributed by atoms with Gasteiger partial charge >= 0.3 is 5.97 Å². The molecule has 0 bridgehead atoms. The van der Waals surface area contributed by atoms with Crippen LogP contribution in [0.2, 0.25) is 0 Å². The molecule has 3 heteroatoms. The van der Waals surface area contributed by atoms with Crippen LogP contribution in [0.1, 0.15) is 21.5 Å². The minimum atomic E-state index is -1.07. The number of benzene rings is 1. The third kappa shape index (κ3) is 1.66. The maximum Gasteiger partial charge on any atom is 0.335 e. The molecule has 0 unspecified atom stereocenters. The molecule has 0 aromatic heterocycles. The van der Waals surface area contributed by atoms with Crippen LogP contribution >= 0.6 is 0 Å². The van der Waals surface area contributed by atoms with E-state index in [1.54, 1.807) is 0 Å². The van der Waals surface area contributed by atoms with Crippen molar-refractivity contribution in [1.82, 2.24) is 0 Å². The molecular weight excluding hydrogens is 166 g/mol. The minimum absolute atomic E-state index is 0.0653. The standard InChI is InChI=1S/C10H5NO2/c1-2-7-3-4-8(10(12)13)5-9(7)6-11/h1,3-5H,(H,12,13). The molecule has 0 aliphatic heterocycles. The molecular formula is C10H5NO2. The average molecular weight is 171 g/mol. The quantitative estimate of drug-likeness (QED) is 0.646. The molecule has 0 amide bonds. The lowest BCUT2D eigenvalue weighted by molar-refractivity contribution is 0.0697. The Morgan fingerprint density at radius 3 is 2.62 bits per heavy atom. The number of carboxylic acid groups (broad SMARTS) is 1. The van der Waals surface area contributed by atoms with Crippen LogP contribution in [0.4, 0.5) is 0 Å². The van der Waals surface area contributed by atoms with Crippen LogP contribution in [0.15, 0.2) is 18.2 Å². The number of hydrogen-bond donors (Lipinski definition) is 1. The molecule has 0 fully saturated rings. The van der Waals surface area contributed by atoms with Crippen LogP contribution in [0.3, 0.4) is 0 Å². The predicted octanol–water partition coefficient (Wildman–Crippen LogP) is 1.24. The number of carbonyl (C=O) groups is 1. The molecule has 0 heterocycles. The Morgan fingerprint density at radius 1 is 1.46 bits per heavy atom. The van der Waals surface area contributed by atoms with Gasteiger partial charge in [0.05, 0.1) is 11.1 Å². The van der Waals surface area contributed by atoms with Crippen LogP contribution in [0.25, 0.3) is 0 Å². The molecule has 0 saturated heterocycles. The van der Waals surface area contributed by atoms with E-state index >= 15 is 0 Å². The number of aromatic carboxylic acids is 1. The summed E-state index contributed by atoms with van der Waals surface area (Å²) in [5.41, 5.74) is 0.686. The fourth-order valence-corrected chi connectivity index (χ4v) is 0.896. The smallest absolute Gasteiger partial charge is 0.335 e. The Balaban J connectivity index is 3.33. The lowest BCUT2D eigenvalue weighted by Gasteiger charge is -1.97. The van der Waals surface area contributed by atoms with Gasteiger partial charge in [0.15, 0.2) is 0 Å². The Morgan fingerprint density at radius 2 is 2.15 bits per heavy atom. The molecule has 0 radical (unpaired) electrons. The normalized spacial score (nSPS) is 8.46. The Hall–Kier alpha value is -2.26. The van der Waals surface area contributed by atoms with Gasteiger partial charge in [0.1, 0.15) is 6.07 Å². The predicted molar refractivity (Wildman–Crippen MR) is 46.1 cm³/mol. The van der Waals surface area contributed by atoms with Gasteiger partial charge in [-0.1, -0.05) is 5.92 Å². The summed E-state index contributed by atoms with van der Waals surface area (Å²) in [6, 6.07) is 5.92. The van der Waals surface area contributed by atoms with Crippen LogP contribution in [-0.2, 0) is 0 Å². The zero-order chi connectivity index (χ0) is 9.84. The fourth-order valence-electron chi connectivity index (χ4n) is 0.896. The van der Waals surface area contributed by atoms with E-state index in [0.717, 1.165) is 0 Å². The largest absolute Gasteiger partial charge is 0.478 e. The SMILES string of the molecule is C#Cc1ccc(C(=O)O)cc1C#N. The monoisotopic (exact) mass is 171 g/mol. The second kappa shape index (κ2) is 3.42. The van der Waals surface area contributed by atoms with Gasteiger partial charge in [-0.2, -0.15) is 5.26 Å². The average Bonchev–Trinajstić information content (AvgIpc) is 2.16. The molecule has 1 rings (SSSR count). The van der Waals surface area contributed by atoms with Crippen molar-refractivity contribution in [3.8, 4) is 18.4 Å². The van der Waals surface area contributed by atoms with Crippen molar-refractivity contribution < 1.29 is 9.90 Å². The van der Waals surface area contributed by atoms with E-state index < -0.39 is 5.97 Å². The molecule has 0 atom stereocenters. The Bertz CT molecular complexity index is 435. The third-order valence-electron chi connectivity index (χ3n) is 1.54. The zero-order valence-electron chi connectivity index (χ0n) is 6.61. The maximum absolute atomic E-state index is 10.5. The first kappa shape index (κ1) is 8.83. The highest BCUT2D eigenvalue weighted by Gasteiger charge is 2.05. The van der Waals surface area contributed by atoms with E-state index in [1.165, 1.54) is 18.2 Å². The first-order valence-corrected chi connectivity index (χ1v) is 3.43. The van der Waals surface area contributed by atoms with Crippen LogP contribution < -0.4 is 0 Å². The summed E-state index contributed by atoms with van der Waals surface area (Å²) in [5.74, 6) is 1.23. The summed E-state index contributed by atoms with van der Waals surface area (Å²) in [6.07, 6.45) is 5.10. The minimum Gasteiger partial charge on any atom is -0.478 e. The van der Waals surface area contributed by atoms with Crippen molar-refractivity contribution >= 4 is 5.97 Å². The summed E-state index contributed by atoms with van der Waals surface area (Å²) in [5, 5.41) is 17.2. The van der Waals surface area contributed by atoms with E-state index in [2.05, 4.69) is 5.92 Å². The summed E-state index contributed by atoms with van der Waals surface area (Å²) in [6.45, 7) is 0. The van der Waals surface area contributed by atoms with Gasteiger partial charge in [-0.25, -0.2) is 4.79 Å². The van der Waals surface area contributed by atoms with E-state index in [0.29, 0.717) is 5.56 Å². The molecule has 0 spiro atoms. The molecule has 3 nitrogen and oxygen atoms in total. The molecule has 0 aliphatic rings. The van der Waals surface area contributed by atoms with E-state index in [-0.39, 0.29) is 11.1 Å². The summed E-state index contributed by atoms with van der Waals surface area (Å²) in [4.78, 5) is 10.5. The number of terminal acetylenes is 1. The van der Waals surface area contributed by atoms with Gasteiger partial charge in [-0.05, 0) is 18.2 Å². The van der Waals surface area contributed by atoms with Crippen molar-refractivity contribution in [2.24, 2.45) is 0 Å². The summed E-state index contributed by atoms with van der Waals surface area (Å²) in [7, 11) is 0. The molecule has 13 heavy (non-hydrogen) atoms.